The zero-order valence-electron chi connectivity index (χ0n) is 19.7. The molecular formula is C23H43N5O2. The van der Waals surface area contributed by atoms with Gasteiger partial charge in [0.15, 0.2) is 0 Å². The first kappa shape index (κ1) is 24.8. The van der Waals surface area contributed by atoms with Crippen LogP contribution in [0, 0.1) is 5.92 Å². The van der Waals surface area contributed by atoms with Crippen LogP contribution in [0.1, 0.15) is 69.5 Å². The van der Waals surface area contributed by atoms with Crippen LogP contribution in [0.3, 0.4) is 0 Å². The molecule has 0 aliphatic heterocycles. The first-order valence-corrected chi connectivity index (χ1v) is 11.6. The fourth-order valence-corrected chi connectivity index (χ4v) is 4.38. The Hall–Kier alpha value is -1.44. The maximum Gasteiger partial charge on any atom is 0.225 e. The molecule has 1 saturated carbocycles. The Bertz CT molecular complexity index is 610. The maximum absolute atomic E-state index is 12.8. The summed E-state index contributed by atoms with van der Waals surface area (Å²) in [6, 6.07) is 0.352. The van der Waals surface area contributed by atoms with E-state index in [4.69, 9.17) is 4.74 Å². The summed E-state index contributed by atoms with van der Waals surface area (Å²) in [5.74, 6) is 1.33. The van der Waals surface area contributed by atoms with Gasteiger partial charge >= 0.3 is 0 Å². The molecular weight excluding hydrogens is 378 g/mol. The van der Waals surface area contributed by atoms with E-state index in [1.54, 1.807) is 7.11 Å². The maximum atomic E-state index is 12.8. The zero-order valence-corrected chi connectivity index (χ0v) is 19.7. The minimum absolute atomic E-state index is 0.243. The normalized spacial score (nSPS) is 19.6. The molecule has 1 aromatic rings. The van der Waals surface area contributed by atoms with Gasteiger partial charge < -0.3 is 19.9 Å². The number of aromatic amines is 1. The van der Waals surface area contributed by atoms with Gasteiger partial charge in [0.1, 0.15) is 0 Å². The fourth-order valence-electron chi connectivity index (χ4n) is 4.38. The second kappa shape index (κ2) is 13.1. The van der Waals surface area contributed by atoms with Gasteiger partial charge in [-0.25, -0.2) is 0 Å². The highest BCUT2D eigenvalue weighted by atomic mass is 16.5. The van der Waals surface area contributed by atoms with Crippen molar-refractivity contribution in [1.29, 1.82) is 0 Å². The number of methoxy groups -OCH3 is 1. The predicted molar refractivity (Wildman–Crippen MR) is 122 cm³/mol. The predicted octanol–water partition coefficient (Wildman–Crippen LogP) is 3.00. The third kappa shape index (κ3) is 7.67. The zero-order chi connectivity index (χ0) is 21.9. The molecule has 1 aliphatic rings. The quantitative estimate of drug-likeness (QED) is 0.512. The summed E-state index contributed by atoms with van der Waals surface area (Å²) in [7, 11) is 5.80. The van der Waals surface area contributed by atoms with E-state index in [0.29, 0.717) is 30.9 Å². The van der Waals surface area contributed by atoms with Crippen molar-refractivity contribution in [2.24, 2.45) is 5.92 Å². The van der Waals surface area contributed by atoms with Gasteiger partial charge in [-0.15, -0.1) is 0 Å². The Labute approximate surface area is 182 Å². The standard InChI is InChI=1S/C23H43N5O2/c1-18(2)10-13-28(22(29)11-15-30-5)21-8-6-19(7-9-21)23-20(16-25-26-23)17-27(4)14-12-24-3/h16,18-19,21,24H,6-15,17H2,1-5H3,(H,25,26)/t19-,21+. The number of carbonyl (C=O) groups excluding carboxylic acids is 1. The molecule has 1 fully saturated rings. The molecule has 0 radical (unpaired) electrons. The largest absolute Gasteiger partial charge is 0.384 e. The van der Waals surface area contributed by atoms with Crippen molar-refractivity contribution in [2.45, 2.75) is 70.9 Å². The van der Waals surface area contributed by atoms with Crippen LogP contribution < -0.4 is 5.32 Å². The average molecular weight is 422 g/mol. The fraction of sp³-hybridized carbons (Fsp3) is 0.826. The molecule has 2 rings (SSSR count). The molecule has 1 aromatic heterocycles. The first-order valence-electron chi connectivity index (χ1n) is 11.6. The van der Waals surface area contributed by atoms with E-state index in [2.05, 4.69) is 52.4 Å². The van der Waals surface area contributed by atoms with Crippen molar-refractivity contribution in [2.75, 3.05) is 47.4 Å². The highest BCUT2D eigenvalue weighted by Gasteiger charge is 2.31. The summed E-state index contributed by atoms with van der Waals surface area (Å²) in [6.07, 6.45) is 7.91. The molecule has 0 saturated heterocycles. The van der Waals surface area contributed by atoms with Crippen molar-refractivity contribution in [3.05, 3.63) is 17.5 Å². The van der Waals surface area contributed by atoms with Crippen LogP contribution >= 0.6 is 0 Å². The van der Waals surface area contributed by atoms with Crippen molar-refractivity contribution >= 4 is 5.91 Å². The molecule has 1 aliphatic carbocycles. The Morgan fingerprint density at radius 2 is 2.03 bits per heavy atom. The highest BCUT2D eigenvalue weighted by molar-refractivity contribution is 5.76. The minimum atomic E-state index is 0.243. The number of nitrogens with zero attached hydrogens (tertiary/aromatic N) is 3. The number of likely N-dealkylation sites (N-methyl/N-ethyl adjacent to an activating group) is 2. The van der Waals surface area contributed by atoms with Crippen LogP contribution in [0.4, 0.5) is 0 Å². The molecule has 1 amide bonds. The summed E-state index contributed by atoms with van der Waals surface area (Å²) in [4.78, 5) is 17.3. The number of nitrogens with one attached hydrogen (secondary N) is 2. The molecule has 1 heterocycles. The van der Waals surface area contributed by atoms with Crippen LogP contribution in [0.5, 0.6) is 0 Å². The molecule has 172 valence electrons. The molecule has 7 heteroatoms. The van der Waals surface area contributed by atoms with Crippen molar-refractivity contribution in [3.63, 3.8) is 0 Å². The summed E-state index contributed by atoms with van der Waals surface area (Å²) < 4.78 is 5.14. The van der Waals surface area contributed by atoms with Gasteiger partial charge in [-0.2, -0.15) is 5.10 Å². The monoisotopic (exact) mass is 421 g/mol. The van der Waals surface area contributed by atoms with E-state index in [0.717, 1.165) is 58.3 Å². The number of hydrogen-bond acceptors (Lipinski definition) is 5. The summed E-state index contributed by atoms with van der Waals surface area (Å²) in [5.41, 5.74) is 2.54. The number of H-pyrrole nitrogens is 1. The summed E-state index contributed by atoms with van der Waals surface area (Å²) in [5, 5.41) is 10.9. The lowest BCUT2D eigenvalue weighted by molar-refractivity contribution is -0.135. The van der Waals surface area contributed by atoms with E-state index in [-0.39, 0.29) is 5.91 Å². The molecule has 0 atom stereocenters. The third-order valence-electron chi connectivity index (χ3n) is 6.25. The van der Waals surface area contributed by atoms with Crippen LogP contribution in [0.25, 0.3) is 0 Å². The van der Waals surface area contributed by atoms with Crippen LogP contribution in [-0.2, 0) is 16.1 Å². The van der Waals surface area contributed by atoms with Crippen LogP contribution in [-0.4, -0.2) is 79.4 Å². The van der Waals surface area contributed by atoms with Crippen LogP contribution in [0.15, 0.2) is 6.20 Å². The number of hydrogen-bond donors (Lipinski definition) is 2. The Morgan fingerprint density at radius 3 is 2.67 bits per heavy atom. The second-order valence-electron chi connectivity index (χ2n) is 9.15. The van der Waals surface area contributed by atoms with E-state index in [1.807, 2.05) is 7.05 Å². The molecule has 2 N–H and O–H groups in total. The molecule has 0 unspecified atom stereocenters. The SMILES string of the molecule is CNCCN(C)Cc1c[nH]nc1[C@H]1CC[C@@H](N(CCC(C)C)C(=O)CCOC)CC1. The molecule has 30 heavy (non-hydrogen) atoms. The Kier molecular flexibility index (Phi) is 10.8. The van der Waals surface area contributed by atoms with Crippen molar-refractivity contribution in [3.8, 4) is 0 Å². The molecule has 7 nitrogen and oxygen atoms in total. The van der Waals surface area contributed by atoms with Gasteiger partial charge in [0.05, 0.1) is 18.7 Å². The molecule has 0 bridgehead atoms. The van der Waals surface area contributed by atoms with E-state index in [9.17, 15) is 4.79 Å². The minimum Gasteiger partial charge on any atom is -0.384 e. The van der Waals surface area contributed by atoms with E-state index < -0.39 is 0 Å². The van der Waals surface area contributed by atoms with Gasteiger partial charge in [-0.05, 0) is 52.1 Å². The Morgan fingerprint density at radius 1 is 1.30 bits per heavy atom. The summed E-state index contributed by atoms with van der Waals surface area (Å²) in [6.45, 7) is 8.73. The van der Waals surface area contributed by atoms with Crippen molar-refractivity contribution < 1.29 is 9.53 Å². The number of aromatic nitrogens is 2. The number of rotatable bonds is 13. The topological polar surface area (TPSA) is 73.5 Å². The lowest BCUT2D eigenvalue weighted by Crippen LogP contribution is -2.43. The smallest absolute Gasteiger partial charge is 0.225 e. The van der Waals surface area contributed by atoms with E-state index in [1.165, 1.54) is 11.3 Å². The van der Waals surface area contributed by atoms with Crippen molar-refractivity contribution in [1.82, 2.24) is 25.3 Å². The summed E-state index contributed by atoms with van der Waals surface area (Å²) >= 11 is 0. The van der Waals surface area contributed by atoms with E-state index >= 15 is 0 Å². The third-order valence-corrected chi connectivity index (χ3v) is 6.25. The van der Waals surface area contributed by atoms with Gasteiger partial charge in [-0.1, -0.05) is 13.8 Å². The first-order chi connectivity index (χ1) is 14.5. The highest BCUT2D eigenvalue weighted by Crippen LogP contribution is 2.36. The Balaban J connectivity index is 1.95. The van der Waals surface area contributed by atoms with Gasteiger partial charge in [0, 0.05) is 57.0 Å². The lowest BCUT2D eigenvalue weighted by atomic mass is 9.82. The van der Waals surface area contributed by atoms with Gasteiger partial charge in [0.25, 0.3) is 0 Å². The molecule has 0 spiro atoms. The van der Waals surface area contributed by atoms with Crippen LogP contribution in [0.2, 0.25) is 0 Å². The van der Waals surface area contributed by atoms with Gasteiger partial charge in [0.2, 0.25) is 5.91 Å². The second-order valence-corrected chi connectivity index (χ2v) is 9.15. The average Bonchev–Trinajstić information content (AvgIpc) is 3.19. The van der Waals surface area contributed by atoms with Gasteiger partial charge in [-0.3, -0.25) is 9.89 Å². The number of carbonyl (C=O) groups is 1. The number of ether oxygens (including phenoxy) is 1. The number of amides is 1. The molecule has 0 aromatic carbocycles. The lowest BCUT2D eigenvalue weighted by Gasteiger charge is -2.37.